The third kappa shape index (κ3) is 5.10. The van der Waals surface area contributed by atoms with E-state index in [4.69, 9.17) is 0 Å². The zero-order chi connectivity index (χ0) is 14.9. The number of hydrogen-bond acceptors (Lipinski definition) is 2. The van der Waals surface area contributed by atoms with Gasteiger partial charge in [0.15, 0.2) is 0 Å². The Morgan fingerprint density at radius 1 is 0.952 bits per heavy atom. The topological polar surface area (TPSA) is 29.1 Å². The van der Waals surface area contributed by atoms with Crippen molar-refractivity contribution in [2.45, 2.75) is 12.8 Å². The average Bonchev–Trinajstić information content (AvgIpc) is 2.56. The Morgan fingerprint density at radius 3 is 1.95 bits per heavy atom. The summed E-state index contributed by atoms with van der Waals surface area (Å²) in [5.41, 5.74) is 2.63. The highest BCUT2D eigenvalue weighted by Crippen LogP contribution is 2.23. The largest absolute Gasteiger partial charge is 0.315 e. The van der Waals surface area contributed by atoms with Crippen molar-refractivity contribution in [1.82, 2.24) is 5.32 Å². The smallest absolute Gasteiger partial charge is 0.0359 e. The van der Waals surface area contributed by atoms with E-state index >= 15 is 0 Å². The fraction of sp³-hybridized carbons (Fsp3) is 0.333. The van der Waals surface area contributed by atoms with Crippen molar-refractivity contribution in [2.75, 3.05) is 24.6 Å². The second kappa shape index (κ2) is 8.75. The molecular weight excluding hydrogens is 278 g/mol. The van der Waals surface area contributed by atoms with Gasteiger partial charge < -0.3 is 5.32 Å². The molecule has 0 heterocycles. The predicted molar refractivity (Wildman–Crippen MR) is 91.1 cm³/mol. The van der Waals surface area contributed by atoms with E-state index in [9.17, 15) is 4.21 Å². The molecule has 1 atom stereocenters. The molecule has 1 N–H and O–H groups in total. The molecule has 0 aromatic heterocycles. The summed E-state index contributed by atoms with van der Waals surface area (Å²) in [4.78, 5) is 0. The molecule has 0 amide bonds. The van der Waals surface area contributed by atoms with Gasteiger partial charge in [0.1, 0.15) is 0 Å². The Balaban J connectivity index is 2.02. The first-order valence-electron chi connectivity index (χ1n) is 7.47. The summed E-state index contributed by atoms with van der Waals surface area (Å²) < 4.78 is 11.5. The van der Waals surface area contributed by atoms with Gasteiger partial charge in [-0.15, -0.1) is 0 Å². The molecule has 0 aliphatic carbocycles. The molecule has 0 saturated heterocycles. The van der Waals surface area contributed by atoms with E-state index < -0.39 is 10.8 Å². The molecule has 3 heteroatoms. The lowest BCUT2D eigenvalue weighted by Gasteiger charge is -2.18. The van der Waals surface area contributed by atoms with E-state index in [1.54, 1.807) is 0 Å². The number of rotatable bonds is 8. The monoisotopic (exact) mass is 301 g/mol. The highest BCUT2D eigenvalue weighted by Gasteiger charge is 2.13. The predicted octanol–water partition coefficient (Wildman–Crippen LogP) is 3.18. The maximum absolute atomic E-state index is 11.5. The van der Waals surface area contributed by atoms with E-state index in [0.29, 0.717) is 5.92 Å². The second-order valence-electron chi connectivity index (χ2n) is 5.01. The van der Waals surface area contributed by atoms with E-state index in [0.717, 1.165) is 24.6 Å². The Morgan fingerprint density at radius 2 is 1.48 bits per heavy atom. The lowest BCUT2D eigenvalue weighted by Crippen LogP contribution is -2.26. The van der Waals surface area contributed by atoms with Gasteiger partial charge in [0.25, 0.3) is 0 Å². The van der Waals surface area contributed by atoms with Gasteiger partial charge in [-0.05, 0) is 11.1 Å². The third-order valence-corrected chi connectivity index (χ3v) is 4.88. The van der Waals surface area contributed by atoms with Gasteiger partial charge in [-0.25, -0.2) is 0 Å². The fourth-order valence-electron chi connectivity index (χ4n) is 2.38. The van der Waals surface area contributed by atoms with Crippen LogP contribution in [-0.2, 0) is 10.8 Å². The van der Waals surface area contributed by atoms with Crippen LogP contribution in [0.1, 0.15) is 24.0 Å². The summed E-state index contributed by atoms with van der Waals surface area (Å²) in [6, 6.07) is 21.1. The minimum atomic E-state index is -0.693. The van der Waals surface area contributed by atoms with Gasteiger partial charge in [-0.2, -0.15) is 0 Å². The number of hydrogen-bond donors (Lipinski definition) is 1. The number of benzene rings is 2. The van der Waals surface area contributed by atoms with Crippen molar-refractivity contribution in [3.8, 4) is 0 Å². The SMILES string of the molecule is CCS(=O)CCNCC(c1ccccc1)c1ccccc1. The summed E-state index contributed by atoms with van der Waals surface area (Å²) >= 11 is 0. The Kier molecular flexibility index (Phi) is 6.64. The Bertz CT molecular complexity index is 502. The van der Waals surface area contributed by atoms with Crippen molar-refractivity contribution in [3.05, 3.63) is 71.8 Å². The summed E-state index contributed by atoms with van der Waals surface area (Å²) in [5, 5.41) is 3.45. The zero-order valence-electron chi connectivity index (χ0n) is 12.5. The molecule has 0 aliphatic rings. The molecule has 0 aliphatic heterocycles. The van der Waals surface area contributed by atoms with Crippen LogP contribution in [0.4, 0.5) is 0 Å². The lowest BCUT2D eigenvalue weighted by molar-refractivity contribution is 0.649. The van der Waals surface area contributed by atoms with Crippen LogP contribution in [0.3, 0.4) is 0 Å². The molecule has 1 unspecified atom stereocenters. The fourth-order valence-corrected chi connectivity index (χ4v) is 3.04. The molecular formula is C18H23NOS. The maximum atomic E-state index is 11.5. The molecule has 0 saturated carbocycles. The van der Waals surface area contributed by atoms with Crippen LogP contribution in [0.25, 0.3) is 0 Å². The van der Waals surface area contributed by atoms with Crippen LogP contribution in [-0.4, -0.2) is 28.8 Å². The molecule has 0 bridgehead atoms. The van der Waals surface area contributed by atoms with E-state index in [1.807, 2.05) is 19.1 Å². The summed E-state index contributed by atoms with van der Waals surface area (Å²) in [5.74, 6) is 1.80. The molecule has 2 rings (SSSR count). The van der Waals surface area contributed by atoms with Crippen molar-refractivity contribution in [3.63, 3.8) is 0 Å². The van der Waals surface area contributed by atoms with Gasteiger partial charge >= 0.3 is 0 Å². The summed E-state index contributed by atoms with van der Waals surface area (Å²) in [6.07, 6.45) is 0. The highest BCUT2D eigenvalue weighted by atomic mass is 32.2. The van der Waals surface area contributed by atoms with Gasteiger partial charge in [0.2, 0.25) is 0 Å². The van der Waals surface area contributed by atoms with Gasteiger partial charge in [0, 0.05) is 41.3 Å². The zero-order valence-corrected chi connectivity index (χ0v) is 13.3. The van der Waals surface area contributed by atoms with Crippen molar-refractivity contribution >= 4 is 10.8 Å². The van der Waals surface area contributed by atoms with Gasteiger partial charge in [-0.1, -0.05) is 67.6 Å². The minimum absolute atomic E-state index is 0.336. The van der Waals surface area contributed by atoms with E-state index in [-0.39, 0.29) is 0 Å². The second-order valence-corrected chi connectivity index (χ2v) is 6.88. The van der Waals surface area contributed by atoms with Crippen LogP contribution in [0.2, 0.25) is 0 Å². The molecule has 0 radical (unpaired) electrons. The van der Waals surface area contributed by atoms with Crippen LogP contribution in [0.15, 0.2) is 60.7 Å². The standard InChI is InChI=1S/C18H23NOS/c1-2-21(20)14-13-19-15-18(16-9-5-3-6-10-16)17-11-7-4-8-12-17/h3-12,18-19H,2,13-15H2,1H3. The molecule has 2 aromatic rings. The summed E-state index contributed by atoms with van der Waals surface area (Å²) in [7, 11) is -0.693. The van der Waals surface area contributed by atoms with Crippen molar-refractivity contribution in [2.24, 2.45) is 0 Å². The maximum Gasteiger partial charge on any atom is 0.0359 e. The van der Waals surface area contributed by atoms with Gasteiger partial charge in [0.05, 0.1) is 0 Å². The Hall–Kier alpha value is -1.45. The summed E-state index contributed by atoms with van der Waals surface area (Å²) in [6.45, 7) is 3.64. The molecule has 2 aromatic carbocycles. The normalized spacial score (nSPS) is 12.5. The molecule has 0 spiro atoms. The minimum Gasteiger partial charge on any atom is -0.315 e. The molecule has 21 heavy (non-hydrogen) atoms. The lowest BCUT2D eigenvalue weighted by atomic mass is 9.91. The Labute approximate surface area is 130 Å². The van der Waals surface area contributed by atoms with E-state index in [2.05, 4.69) is 53.8 Å². The third-order valence-electron chi connectivity index (χ3n) is 3.58. The molecule has 2 nitrogen and oxygen atoms in total. The number of nitrogens with one attached hydrogen (secondary N) is 1. The average molecular weight is 301 g/mol. The van der Waals surface area contributed by atoms with Gasteiger partial charge in [-0.3, -0.25) is 4.21 Å². The first-order chi connectivity index (χ1) is 10.3. The van der Waals surface area contributed by atoms with Crippen LogP contribution in [0.5, 0.6) is 0 Å². The van der Waals surface area contributed by atoms with Crippen LogP contribution < -0.4 is 5.32 Å². The molecule has 112 valence electrons. The van der Waals surface area contributed by atoms with E-state index in [1.165, 1.54) is 11.1 Å². The highest BCUT2D eigenvalue weighted by molar-refractivity contribution is 7.84. The first-order valence-corrected chi connectivity index (χ1v) is 8.95. The van der Waals surface area contributed by atoms with Crippen LogP contribution in [0, 0.1) is 0 Å². The first kappa shape index (κ1) is 15.9. The van der Waals surface area contributed by atoms with Crippen molar-refractivity contribution < 1.29 is 4.21 Å². The quantitative estimate of drug-likeness (QED) is 0.759. The van der Waals surface area contributed by atoms with Crippen molar-refractivity contribution in [1.29, 1.82) is 0 Å². The van der Waals surface area contributed by atoms with Crippen LogP contribution >= 0.6 is 0 Å². The molecule has 0 fully saturated rings.